The van der Waals surface area contributed by atoms with Gasteiger partial charge in [-0.25, -0.2) is 0 Å². The van der Waals surface area contributed by atoms with Gasteiger partial charge in [0.2, 0.25) is 0 Å². The largest absolute Gasteiger partial charge is 0.313 e. The Morgan fingerprint density at radius 1 is 0.741 bits per heavy atom. The third kappa shape index (κ3) is 2.62. The van der Waals surface area contributed by atoms with E-state index in [-0.39, 0.29) is 0 Å². The summed E-state index contributed by atoms with van der Waals surface area (Å²) in [5.41, 5.74) is 11.0. The van der Waals surface area contributed by atoms with E-state index in [2.05, 4.69) is 96.4 Å². The first kappa shape index (κ1) is 16.1. The van der Waals surface area contributed by atoms with Gasteiger partial charge < -0.3 is 4.57 Å². The summed E-state index contributed by atoms with van der Waals surface area (Å²) in [6.45, 7) is 2.24. The molecule has 27 heavy (non-hydrogen) atoms. The van der Waals surface area contributed by atoms with Crippen LogP contribution in [0, 0.1) is 0 Å². The minimum Gasteiger partial charge on any atom is -0.313 e. The molecule has 1 aromatic heterocycles. The van der Waals surface area contributed by atoms with Gasteiger partial charge in [0.25, 0.3) is 0 Å². The molecular formula is C26H23N. The molecule has 0 fully saturated rings. The lowest BCUT2D eigenvalue weighted by molar-refractivity contribution is 0.850. The Balaban J connectivity index is 1.83. The Hall–Kier alpha value is -3.06. The van der Waals surface area contributed by atoms with Gasteiger partial charge >= 0.3 is 0 Å². The van der Waals surface area contributed by atoms with Crippen LogP contribution in [0.15, 0.2) is 84.9 Å². The molecule has 1 aliphatic rings. The highest BCUT2D eigenvalue weighted by Gasteiger charge is 2.24. The summed E-state index contributed by atoms with van der Waals surface area (Å²) in [6, 6.07) is 30.9. The molecule has 1 heterocycles. The first-order chi connectivity index (χ1) is 13.4. The van der Waals surface area contributed by atoms with Crippen LogP contribution in [-0.4, -0.2) is 4.57 Å². The molecule has 0 saturated carbocycles. The maximum atomic E-state index is 2.51. The van der Waals surface area contributed by atoms with Gasteiger partial charge in [0.05, 0.1) is 5.69 Å². The molecule has 0 atom stereocenters. The van der Waals surface area contributed by atoms with Crippen LogP contribution >= 0.6 is 0 Å². The molecule has 1 heteroatoms. The number of aromatic nitrogens is 1. The maximum absolute atomic E-state index is 2.51. The summed E-state index contributed by atoms with van der Waals surface area (Å²) in [6.07, 6.45) is 3.22. The number of benzene rings is 3. The average Bonchev–Trinajstić information content (AvgIpc) is 3.14. The Kier molecular flexibility index (Phi) is 3.94. The lowest BCUT2D eigenvalue weighted by Crippen LogP contribution is -2.10. The van der Waals surface area contributed by atoms with Crippen molar-refractivity contribution in [1.29, 1.82) is 0 Å². The summed E-state index contributed by atoms with van der Waals surface area (Å²) in [4.78, 5) is 0. The molecule has 1 aliphatic carbocycles. The smallest absolute Gasteiger partial charge is 0.0537 e. The fraction of sp³-hybridized carbons (Fsp3) is 0.154. The third-order valence-electron chi connectivity index (χ3n) is 5.72. The van der Waals surface area contributed by atoms with Crippen LogP contribution in [0.3, 0.4) is 0 Å². The SMILES string of the molecule is CCc1ccccc1-n1c(-c2ccccc2)cc2c1CCc1ccccc1-2. The van der Waals surface area contributed by atoms with Gasteiger partial charge in [-0.2, -0.15) is 0 Å². The Labute approximate surface area is 160 Å². The monoisotopic (exact) mass is 349 g/mol. The molecule has 0 unspecified atom stereocenters. The second kappa shape index (κ2) is 6.59. The highest BCUT2D eigenvalue weighted by molar-refractivity contribution is 5.80. The zero-order valence-corrected chi connectivity index (χ0v) is 15.7. The minimum atomic E-state index is 1.04. The standard InChI is InChI=1S/C26H23N/c1-2-19-10-7-9-15-24(19)27-25-17-16-20-11-6-8-14-22(20)23(25)18-26(27)21-12-4-3-5-13-21/h3-15,18H,2,16-17H2,1H3. The number of aryl methyl sites for hydroxylation is 2. The molecule has 3 aromatic carbocycles. The fourth-order valence-corrected chi connectivity index (χ4v) is 4.41. The van der Waals surface area contributed by atoms with Crippen molar-refractivity contribution in [2.45, 2.75) is 26.2 Å². The lowest BCUT2D eigenvalue weighted by Gasteiger charge is -2.21. The number of hydrogen-bond acceptors (Lipinski definition) is 0. The predicted octanol–water partition coefficient (Wildman–Crippen LogP) is 6.47. The lowest BCUT2D eigenvalue weighted by atomic mass is 9.89. The molecule has 4 aromatic rings. The normalized spacial score (nSPS) is 12.5. The topological polar surface area (TPSA) is 4.93 Å². The number of nitrogens with zero attached hydrogens (tertiary/aromatic N) is 1. The molecule has 5 rings (SSSR count). The number of rotatable bonds is 3. The molecule has 0 amide bonds. The molecule has 0 spiro atoms. The number of hydrogen-bond donors (Lipinski definition) is 0. The summed E-state index contributed by atoms with van der Waals surface area (Å²) >= 11 is 0. The molecule has 0 radical (unpaired) electrons. The van der Waals surface area contributed by atoms with Gasteiger partial charge in [-0.1, -0.05) is 79.7 Å². The molecule has 0 N–H and O–H groups in total. The van der Waals surface area contributed by atoms with E-state index in [1.165, 1.54) is 44.9 Å². The van der Waals surface area contributed by atoms with Crippen molar-refractivity contribution in [2.75, 3.05) is 0 Å². The van der Waals surface area contributed by atoms with Crippen molar-refractivity contribution in [3.05, 3.63) is 102 Å². The van der Waals surface area contributed by atoms with Crippen LogP contribution in [0.2, 0.25) is 0 Å². The van der Waals surface area contributed by atoms with E-state index in [0.29, 0.717) is 0 Å². The van der Waals surface area contributed by atoms with Crippen LogP contribution in [0.1, 0.15) is 23.7 Å². The summed E-state index contributed by atoms with van der Waals surface area (Å²) < 4.78 is 2.51. The van der Waals surface area contributed by atoms with Crippen molar-refractivity contribution < 1.29 is 0 Å². The molecule has 0 aliphatic heterocycles. The van der Waals surface area contributed by atoms with E-state index < -0.39 is 0 Å². The van der Waals surface area contributed by atoms with Crippen LogP contribution in [-0.2, 0) is 19.3 Å². The van der Waals surface area contributed by atoms with Gasteiger partial charge in [0.15, 0.2) is 0 Å². The number of fused-ring (bicyclic) bond motifs is 3. The molecular weight excluding hydrogens is 326 g/mol. The van der Waals surface area contributed by atoms with Crippen molar-refractivity contribution >= 4 is 0 Å². The maximum Gasteiger partial charge on any atom is 0.0537 e. The van der Waals surface area contributed by atoms with E-state index in [1.54, 1.807) is 0 Å². The zero-order chi connectivity index (χ0) is 18.2. The van der Waals surface area contributed by atoms with E-state index in [9.17, 15) is 0 Å². The van der Waals surface area contributed by atoms with Crippen LogP contribution in [0.5, 0.6) is 0 Å². The predicted molar refractivity (Wildman–Crippen MR) is 113 cm³/mol. The van der Waals surface area contributed by atoms with Crippen molar-refractivity contribution in [2.24, 2.45) is 0 Å². The van der Waals surface area contributed by atoms with Gasteiger partial charge in [0, 0.05) is 16.9 Å². The van der Waals surface area contributed by atoms with Gasteiger partial charge in [-0.05, 0) is 53.6 Å². The number of para-hydroxylation sites is 1. The second-order valence-electron chi connectivity index (χ2n) is 7.23. The second-order valence-corrected chi connectivity index (χ2v) is 7.23. The first-order valence-corrected chi connectivity index (χ1v) is 9.83. The average molecular weight is 349 g/mol. The fourth-order valence-electron chi connectivity index (χ4n) is 4.41. The van der Waals surface area contributed by atoms with E-state index in [0.717, 1.165) is 19.3 Å². The van der Waals surface area contributed by atoms with Gasteiger partial charge in [-0.15, -0.1) is 0 Å². The first-order valence-electron chi connectivity index (χ1n) is 9.83. The van der Waals surface area contributed by atoms with Crippen LogP contribution in [0.25, 0.3) is 28.1 Å². The van der Waals surface area contributed by atoms with Crippen LogP contribution in [0.4, 0.5) is 0 Å². The molecule has 0 saturated heterocycles. The van der Waals surface area contributed by atoms with Gasteiger partial charge in [-0.3, -0.25) is 0 Å². The molecule has 1 nitrogen and oxygen atoms in total. The third-order valence-corrected chi connectivity index (χ3v) is 5.72. The molecule has 132 valence electrons. The molecule has 0 bridgehead atoms. The Bertz CT molecular complexity index is 1100. The quantitative estimate of drug-likeness (QED) is 0.399. The van der Waals surface area contributed by atoms with Crippen molar-refractivity contribution in [3.8, 4) is 28.1 Å². The Morgan fingerprint density at radius 3 is 2.33 bits per heavy atom. The van der Waals surface area contributed by atoms with Gasteiger partial charge in [0.1, 0.15) is 0 Å². The summed E-state index contributed by atoms with van der Waals surface area (Å²) in [7, 11) is 0. The Morgan fingerprint density at radius 2 is 1.48 bits per heavy atom. The summed E-state index contributed by atoms with van der Waals surface area (Å²) in [5.74, 6) is 0. The highest BCUT2D eigenvalue weighted by atomic mass is 15.0. The van der Waals surface area contributed by atoms with Crippen molar-refractivity contribution in [3.63, 3.8) is 0 Å². The highest BCUT2D eigenvalue weighted by Crippen LogP contribution is 2.41. The minimum absolute atomic E-state index is 1.04. The zero-order valence-electron chi connectivity index (χ0n) is 15.7. The van der Waals surface area contributed by atoms with E-state index >= 15 is 0 Å². The van der Waals surface area contributed by atoms with E-state index in [4.69, 9.17) is 0 Å². The summed E-state index contributed by atoms with van der Waals surface area (Å²) in [5, 5.41) is 0. The van der Waals surface area contributed by atoms with E-state index in [1.807, 2.05) is 0 Å². The van der Waals surface area contributed by atoms with Crippen LogP contribution < -0.4 is 0 Å². The van der Waals surface area contributed by atoms with Crippen molar-refractivity contribution in [1.82, 2.24) is 4.57 Å².